The average molecular weight is 913 g/mol. The van der Waals surface area contributed by atoms with Crippen molar-refractivity contribution in [2.75, 3.05) is 13.2 Å². The molecular formula is C47H76O17. The van der Waals surface area contributed by atoms with Crippen LogP contribution in [0.4, 0.5) is 0 Å². The zero-order chi connectivity index (χ0) is 46.9. The Hall–Kier alpha value is -1.39. The van der Waals surface area contributed by atoms with Gasteiger partial charge in [-0.2, -0.15) is 0 Å². The van der Waals surface area contributed by atoms with Crippen LogP contribution in [0.5, 0.6) is 0 Å². The predicted molar refractivity (Wildman–Crippen MR) is 225 cm³/mol. The van der Waals surface area contributed by atoms with E-state index < -0.39 is 110 Å². The van der Waals surface area contributed by atoms with Crippen LogP contribution in [0.25, 0.3) is 0 Å². The van der Waals surface area contributed by atoms with Gasteiger partial charge in [-0.15, -0.1) is 0 Å². The number of rotatable bonds is 8. The van der Waals surface area contributed by atoms with E-state index in [0.29, 0.717) is 18.8 Å². The van der Waals surface area contributed by atoms with Crippen LogP contribution in [-0.2, 0) is 33.2 Å². The summed E-state index contributed by atoms with van der Waals surface area (Å²) in [4.78, 5) is 12.4. The monoisotopic (exact) mass is 913 g/mol. The van der Waals surface area contributed by atoms with E-state index in [-0.39, 0.29) is 51.6 Å². The van der Waals surface area contributed by atoms with Gasteiger partial charge in [0.05, 0.1) is 31.5 Å². The molecule has 8 rings (SSSR count). The number of ether oxygens (including phenoxy) is 6. The number of aliphatic hydroxyl groups excluding tert-OH is 9. The maximum absolute atomic E-state index is 12.4. The van der Waals surface area contributed by atoms with Crippen molar-refractivity contribution in [1.29, 1.82) is 0 Å². The Bertz CT molecular complexity index is 1760. The van der Waals surface area contributed by atoms with Gasteiger partial charge in [0.2, 0.25) is 0 Å². The quantitative estimate of drug-likeness (QED) is 0.122. The van der Waals surface area contributed by atoms with Crippen molar-refractivity contribution in [3.8, 4) is 0 Å². The molecule has 64 heavy (non-hydrogen) atoms. The maximum atomic E-state index is 12.4. The van der Waals surface area contributed by atoms with Crippen molar-refractivity contribution >= 4 is 5.97 Å². The molecule has 0 amide bonds. The van der Waals surface area contributed by atoms with E-state index in [1.54, 1.807) is 0 Å². The van der Waals surface area contributed by atoms with Crippen LogP contribution in [0.3, 0.4) is 0 Å². The molecule has 24 atom stereocenters. The van der Waals surface area contributed by atoms with Crippen LogP contribution in [0, 0.1) is 50.2 Å². The van der Waals surface area contributed by atoms with Crippen LogP contribution >= 0.6 is 0 Å². The fourth-order valence-corrected chi connectivity index (χ4v) is 14.8. The molecule has 17 nitrogen and oxygen atoms in total. The summed E-state index contributed by atoms with van der Waals surface area (Å²) in [6.07, 6.45) is -14.5. The second-order valence-electron chi connectivity index (χ2n) is 23.2. The summed E-state index contributed by atoms with van der Waals surface area (Å²) in [5.41, 5.74) is 0.0929. The number of hydrogen-bond donors (Lipinski definition) is 10. The molecule has 10 N–H and O–H groups in total. The Balaban J connectivity index is 1.06. The molecule has 0 radical (unpaired) electrons. The van der Waals surface area contributed by atoms with Gasteiger partial charge in [-0.3, -0.25) is 0 Å². The molecule has 0 spiro atoms. The Morgan fingerprint density at radius 3 is 2.05 bits per heavy atom. The number of aliphatic carboxylic acids is 1. The normalized spacial score (nSPS) is 56.1. The fourth-order valence-electron chi connectivity index (χ4n) is 14.8. The molecule has 0 unspecified atom stereocenters. The van der Waals surface area contributed by atoms with Crippen LogP contribution in [0.2, 0.25) is 0 Å². The minimum absolute atomic E-state index is 0.0286. The molecule has 5 aliphatic carbocycles. The summed E-state index contributed by atoms with van der Waals surface area (Å²) in [5, 5.41) is 109. The fraction of sp³-hybridized carbons (Fsp3) is 0.936. The minimum Gasteiger partial charge on any atom is -0.479 e. The first kappa shape index (κ1) is 49.0. The number of carbonyl (C=O) groups is 1. The van der Waals surface area contributed by atoms with E-state index in [0.717, 1.165) is 44.9 Å². The highest BCUT2D eigenvalue weighted by Crippen LogP contribution is 2.76. The lowest BCUT2D eigenvalue weighted by Gasteiger charge is -2.72. The van der Waals surface area contributed by atoms with Crippen molar-refractivity contribution in [3.63, 3.8) is 0 Å². The molecule has 3 heterocycles. The van der Waals surface area contributed by atoms with Gasteiger partial charge in [0.25, 0.3) is 0 Å². The van der Waals surface area contributed by atoms with Gasteiger partial charge >= 0.3 is 5.97 Å². The number of allylic oxidation sites excluding steroid dienone is 2. The second-order valence-corrected chi connectivity index (χ2v) is 23.2. The first-order valence-electron chi connectivity index (χ1n) is 23.7. The summed E-state index contributed by atoms with van der Waals surface area (Å²) in [7, 11) is 0. The molecule has 0 aromatic rings. The molecule has 8 aliphatic rings. The van der Waals surface area contributed by atoms with Crippen molar-refractivity contribution in [2.45, 2.75) is 211 Å². The lowest BCUT2D eigenvalue weighted by atomic mass is 9.33. The molecule has 3 aliphatic heterocycles. The lowest BCUT2D eigenvalue weighted by molar-refractivity contribution is -0.387. The standard InChI is InChI=1S/C47H76O17/c1-21-29(51)31(53)34(56)39(60-21)63-36-30(52)24(49)19-59-40(36)64-37-33(55)32(54)35(38(57)58)62-41(37)61-28-12-13-44(5)25(45(28,6)20-48)11-14-47(8)26(44)10-9-22-23-17-42(2,3)18-27(50)43(23,4)15-16-46(22,47)7/h9,21,23-37,39-41,48-56H,10-20H2,1-8H3,(H,57,58)/t21-,23-,24-,25+,26+,27+,28-,29-,30-,31+,32-,33-,34+,35-,36+,37+,39-,40-,41+,43+,44-,45+,46+,47+/m1/s1. The van der Waals surface area contributed by atoms with Gasteiger partial charge < -0.3 is 79.5 Å². The molecule has 17 heteroatoms. The molecule has 0 aromatic heterocycles. The van der Waals surface area contributed by atoms with Crippen LogP contribution in [-0.4, -0.2) is 168 Å². The van der Waals surface area contributed by atoms with Gasteiger partial charge in [-0.1, -0.05) is 60.1 Å². The molecule has 0 aromatic carbocycles. The largest absolute Gasteiger partial charge is 0.479 e. The third-order valence-corrected chi connectivity index (χ3v) is 19.1. The molecule has 0 bridgehead atoms. The Labute approximate surface area is 376 Å². The van der Waals surface area contributed by atoms with E-state index in [1.807, 2.05) is 6.92 Å². The third kappa shape index (κ3) is 7.49. The predicted octanol–water partition coefficient (Wildman–Crippen LogP) is 1.34. The lowest BCUT2D eigenvalue weighted by Crippen LogP contribution is -2.68. The number of hydrogen-bond acceptors (Lipinski definition) is 16. The Morgan fingerprint density at radius 2 is 1.38 bits per heavy atom. The van der Waals surface area contributed by atoms with Crippen molar-refractivity contribution in [1.82, 2.24) is 0 Å². The third-order valence-electron chi connectivity index (χ3n) is 19.1. The smallest absolute Gasteiger partial charge is 0.335 e. The molecule has 4 saturated carbocycles. The Kier molecular flexibility index (Phi) is 13.0. The zero-order valence-corrected chi connectivity index (χ0v) is 38.7. The molecular weight excluding hydrogens is 837 g/mol. The van der Waals surface area contributed by atoms with Crippen LogP contribution < -0.4 is 0 Å². The highest BCUT2D eigenvalue weighted by Gasteiger charge is 2.70. The van der Waals surface area contributed by atoms with Crippen molar-refractivity contribution in [2.24, 2.45) is 50.2 Å². The second kappa shape index (κ2) is 16.9. The van der Waals surface area contributed by atoms with Crippen LogP contribution in [0.1, 0.15) is 113 Å². The van der Waals surface area contributed by atoms with Gasteiger partial charge in [-0.25, -0.2) is 4.79 Å². The minimum atomic E-state index is -2.01. The Morgan fingerprint density at radius 1 is 0.703 bits per heavy atom. The van der Waals surface area contributed by atoms with Gasteiger partial charge in [0.1, 0.15) is 54.9 Å². The van der Waals surface area contributed by atoms with Crippen molar-refractivity contribution in [3.05, 3.63) is 11.6 Å². The molecule has 7 fully saturated rings. The number of carboxylic acids is 1. The van der Waals surface area contributed by atoms with E-state index in [2.05, 4.69) is 47.6 Å². The summed E-state index contributed by atoms with van der Waals surface area (Å²) in [5.74, 6) is -1.05. The zero-order valence-electron chi connectivity index (χ0n) is 38.7. The van der Waals surface area contributed by atoms with E-state index in [9.17, 15) is 55.9 Å². The summed E-state index contributed by atoms with van der Waals surface area (Å²) >= 11 is 0. The number of aliphatic hydroxyl groups is 9. The van der Waals surface area contributed by atoms with Crippen LogP contribution in [0.15, 0.2) is 11.6 Å². The topological polar surface area (TPSA) is 275 Å². The average Bonchev–Trinajstić information content (AvgIpc) is 3.22. The van der Waals surface area contributed by atoms with Gasteiger partial charge in [0, 0.05) is 10.8 Å². The van der Waals surface area contributed by atoms with Gasteiger partial charge in [-0.05, 0) is 104 Å². The summed E-state index contributed by atoms with van der Waals surface area (Å²) in [6.45, 7) is 16.8. The first-order chi connectivity index (χ1) is 29.8. The van der Waals surface area contributed by atoms with Gasteiger partial charge in [0.15, 0.2) is 25.0 Å². The first-order valence-corrected chi connectivity index (χ1v) is 23.7. The molecule has 3 saturated heterocycles. The highest BCUT2D eigenvalue weighted by atomic mass is 16.8. The maximum Gasteiger partial charge on any atom is 0.335 e. The molecule has 366 valence electrons. The summed E-state index contributed by atoms with van der Waals surface area (Å²) < 4.78 is 36.1. The number of fused-ring (bicyclic) bond motifs is 7. The van der Waals surface area contributed by atoms with E-state index in [1.165, 1.54) is 12.5 Å². The van der Waals surface area contributed by atoms with E-state index >= 15 is 0 Å². The summed E-state index contributed by atoms with van der Waals surface area (Å²) in [6, 6.07) is 0. The van der Waals surface area contributed by atoms with E-state index in [4.69, 9.17) is 28.4 Å². The highest BCUT2D eigenvalue weighted by molar-refractivity contribution is 5.73. The SMILES string of the molecule is C[C@H]1O[C@H](O[C@@H]2[C@@H](O[C@@H]3[C@@H](O[C@@H]4CC[C@]5(C)[C@H](CC[C@@]6(C)[C@H]5CC=C5[C@H]7CC(C)(C)C[C@H](O)[C@@]7(C)CC[C@@]56C)[C@]4(C)CO)O[C@@H](C(=O)O)[C@H](O)[C@H]3O)OC[C@@H](O)[C@H]2O)[C@@H](O)[C@@H](O)[C@@H]1O. The van der Waals surface area contributed by atoms with Crippen molar-refractivity contribution < 1.29 is 84.3 Å². The number of carboxylic acid groups (broad SMARTS) is 1.